The molecule has 31 atom stereocenters. The van der Waals surface area contributed by atoms with Crippen LogP contribution in [0.15, 0.2) is 11.6 Å². The number of aliphatic hydroxyl groups excluding tert-OH is 13. The van der Waals surface area contributed by atoms with E-state index in [1.54, 1.807) is 0 Å². The highest BCUT2D eigenvalue weighted by atomic mass is 16.8. The first-order valence-electron chi connectivity index (χ1n) is 26.9. The third kappa shape index (κ3) is 10.2. The van der Waals surface area contributed by atoms with Crippen LogP contribution in [0, 0.1) is 46.3 Å². The fourth-order valence-corrected chi connectivity index (χ4v) is 15.0. The van der Waals surface area contributed by atoms with Gasteiger partial charge in [-0.25, -0.2) is 0 Å². The molecule has 426 valence electrons. The van der Waals surface area contributed by atoms with Crippen molar-refractivity contribution in [1.82, 2.24) is 0 Å². The maximum absolute atomic E-state index is 12.1. The van der Waals surface area contributed by atoms with Crippen LogP contribution >= 0.6 is 0 Å². The highest BCUT2D eigenvalue weighted by Gasteiger charge is 2.68. The van der Waals surface area contributed by atoms with Crippen molar-refractivity contribution >= 4 is 0 Å². The topological polar surface area (TPSA) is 366 Å². The Kier molecular flexibility index (Phi) is 17.4. The number of hydrogen-bond acceptors (Lipinski definition) is 23. The number of ether oxygens (including phenoxy) is 9. The first-order valence-corrected chi connectivity index (χ1v) is 26.9. The highest BCUT2D eigenvalue weighted by Crippen LogP contribution is 2.70. The van der Waals surface area contributed by atoms with E-state index in [0.29, 0.717) is 43.4 Å². The first kappa shape index (κ1) is 57.5. The van der Waals surface area contributed by atoms with Crippen molar-refractivity contribution in [1.29, 1.82) is 0 Å². The first-order chi connectivity index (χ1) is 35.0. The molecule has 5 heterocycles. The van der Waals surface area contributed by atoms with Gasteiger partial charge in [0, 0.05) is 12.3 Å². The minimum Gasteiger partial charge on any atom is -0.394 e. The van der Waals surface area contributed by atoms with Crippen LogP contribution in [-0.2, 0) is 42.6 Å². The Labute approximate surface area is 430 Å². The van der Waals surface area contributed by atoms with Crippen LogP contribution < -0.4 is 0 Å². The fraction of sp³-hybridized carbons (Fsp3) is 0.961. The molecule has 0 spiro atoms. The summed E-state index contributed by atoms with van der Waals surface area (Å²) in [6, 6.07) is 0. The van der Waals surface area contributed by atoms with Gasteiger partial charge in [0.2, 0.25) is 0 Å². The molecule has 0 aromatic heterocycles. The normalized spacial score (nSPS) is 54.9. The van der Waals surface area contributed by atoms with Gasteiger partial charge < -0.3 is 114 Å². The number of rotatable bonds is 15. The molecule has 6 unspecified atom stereocenters. The second-order valence-corrected chi connectivity index (χ2v) is 23.8. The Hall–Kier alpha value is -1.18. The lowest BCUT2D eigenvalue weighted by Crippen LogP contribution is -2.67. The summed E-state index contributed by atoms with van der Waals surface area (Å²) < 4.78 is 54.4. The summed E-state index contributed by atoms with van der Waals surface area (Å²) in [6.45, 7) is 8.35. The van der Waals surface area contributed by atoms with Crippen LogP contribution in [-0.4, -0.2) is 239 Å². The molecular weight excluding hydrogens is 981 g/mol. The lowest BCUT2D eigenvalue weighted by molar-refractivity contribution is -0.389. The molecule has 5 aliphatic heterocycles. The van der Waals surface area contributed by atoms with Crippen LogP contribution in [0.1, 0.15) is 92.4 Å². The van der Waals surface area contributed by atoms with E-state index in [0.717, 1.165) is 32.1 Å². The molecular formula is C51H84O23. The van der Waals surface area contributed by atoms with E-state index >= 15 is 0 Å². The molecule has 0 aromatic rings. The van der Waals surface area contributed by atoms with Crippen molar-refractivity contribution in [3.8, 4) is 0 Å². The van der Waals surface area contributed by atoms with Crippen LogP contribution in [0.3, 0.4) is 0 Å². The highest BCUT2D eigenvalue weighted by molar-refractivity contribution is 5.26. The standard InChI is InChI=1S/C51H84O23/c1-20(19-66-45-39(61)37(59)34(56)29(16-52)69-45)8-13-51(65)21(2)32-28(74-51)15-27-25-7-6-23-14-24(9-11-49(23,4)26(25)10-12-50(27,32)5)68-48-44(73-46-40(62)36(58)33(55)22(3)67-46)42(64)43(31(18-54)71-48)72-47-41(63)38(60)35(57)30(17-53)70-47/h6,20-22,24-48,52-65H,7-19H2,1-5H3/t20-,21?,22-,24-,25?,26?,27?,28?,29+,30+,31+,32?,33-,34+,35+,36+,37-,38-,39+,40+,41+,42-,43+,44+,45+,46-,47-,48+,49-,50-,51+/m0/s1. The summed E-state index contributed by atoms with van der Waals surface area (Å²) in [5, 5.41) is 148. The van der Waals surface area contributed by atoms with E-state index in [2.05, 4.69) is 26.8 Å². The van der Waals surface area contributed by atoms with Gasteiger partial charge in [-0.1, -0.05) is 39.3 Å². The van der Waals surface area contributed by atoms with Gasteiger partial charge in [0.1, 0.15) is 91.6 Å². The summed E-state index contributed by atoms with van der Waals surface area (Å²) in [4.78, 5) is 0. The van der Waals surface area contributed by atoms with Gasteiger partial charge in [-0.2, -0.15) is 0 Å². The lowest BCUT2D eigenvalue weighted by atomic mass is 9.47. The van der Waals surface area contributed by atoms with E-state index in [1.165, 1.54) is 12.5 Å². The van der Waals surface area contributed by atoms with Crippen molar-refractivity contribution in [3.05, 3.63) is 11.6 Å². The average Bonchev–Trinajstić information content (AvgIpc) is 3.82. The monoisotopic (exact) mass is 1060 g/mol. The molecule has 0 radical (unpaired) electrons. The van der Waals surface area contributed by atoms with E-state index < -0.39 is 155 Å². The van der Waals surface area contributed by atoms with Gasteiger partial charge in [0.15, 0.2) is 30.9 Å². The third-order valence-electron chi connectivity index (χ3n) is 19.5. The summed E-state index contributed by atoms with van der Waals surface area (Å²) in [5.74, 6) is -0.310. The van der Waals surface area contributed by atoms with Crippen molar-refractivity contribution in [2.24, 2.45) is 46.3 Å². The van der Waals surface area contributed by atoms with E-state index in [1.807, 2.05) is 6.92 Å². The molecule has 8 fully saturated rings. The molecule has 4 aliphatic carbocycles. The number of hydrogen-bond donors (Lipinski definition) is 14. The maximum Gasteiger partial charge on any atom is 0.187 e. The van der Waals surface area contributed by atoms with Crippen LogP contribution in [0.2, 0.25) is 0 Å². The number of fused-ring (bicyclic) bond motifs is 7. The third-order valence-corrected chi connectivity index (χ3v) is 19.5. The van der Waals surface area contributed by atoms with E-state index in [4.69, 9.17) is 42.6 Å². The lowest BCUT2D eigenvalue weighted by Gasteiger charge is -2.58. The minimum absolute atomic E-state index is 0.0705. The molecule has 3 saturated carbocycles. The summed E-state index contributed by atoms with van der Waals surface area (Å²) >= 11 is 0. The molecule has 0 bridgehead atoms. The molecule has 23 heteroatoms. The molecule has 74 heavy (non-hydrogen) atoms. The molecule has 0 amide bonds. The molecule has 9 aliphatic rings. The predicted octanol–water partition coefficient (Wildman–Crippen LogP) is -3.01. The van der Waals surface area contributed by atoms with Gasteiger partial charge in [-0.3, -0.25) is 0 Å². The van der Waals surface area contributed by atoms with E-state index in [-0.39, 0.29) is 41.3 Å². The Balaban J connectivity index is 0.849. The molecule has 0 aromatic carbocycles. The molecule has 23 nitrogen and oxygen atoms in total. The summed E-state index contributed by atoms with van der Waals surface area (Å²) in [6.07, 6.45) is -22.1. The van der Waals surface area contributed by atoms with Gasteiger partial charge >= 0.3 is 0 Å². The second-order valence-electron chi connectivity index (χ2n) is 23.8. The molecule has 5 saturated heterocycles. The number of aliphatic hydroxyl groups is 14. The SMILES string of the molecule is CC1C2C(CC3C4CC=C5C[C@@H](O[C@@H]6O[C@H](CO)[C@@H](O[C@@H]7O[C@H](CO)[C@@H](O)[C@H](O)[C@H]7O)[C@H](O)[C@H]6O[C@@H]6O[C@@H](C)[C@H](O)[C@@H](O)[C@H]6O)CC[C@]5(C)C4CC[C@@]32C)O[C@]1(O)CC[C@H](C)CO[C@@H]1O[C@H](CO)[C@@H](O)[C@H](O)[C@H]1O. The smallest absolute Gasteiger partial charge is 0.187 e. The number of allylic oxidation sites excluding steroid dienone is 1. The zero-order valence-corrected chi connectivity index (χ0v) is 42.9. The average molecular weight is 1070 g/mol. The maximum atomic E-state index is 12.1. The molecule has 9 rings (SSSR count). The van der Waals surface area contributed by atoms with Crippen LogP contribution in [0.4, 0.5) is 0 Å². The van der Waals surface area contributed by atoms with Crippen molar-refractivity contribution in [2.75, 3.05) is 26.4 Å². The quantitative estimate of drug-likeness (QED) is 0.0727. The Morgan fingerprint density at radius 1 is 0.635 bits per heavy atom. The zero-order chi connectivity index (χ0) is 53.5. The zero-order valence-electron chi connectivity index (χ0n) is 42.9. The largest absolute Gasteiger partial charge is 0.394 e. The van der Waals surface area contributed by atoms with E-state index in [9.17, 15) is 71.5 Å². The Morgan fingerprint density at radius 3 is 1.86 bits per heavy atom. The minimum atomic E-state index is -1.85. The van der Waals surface area contributed by atoms with Gasteiger partial charge in [-0.15, -0.1) is 0 Å². The second kappa shape index (κ2) is 22.4. The van der Waals surface area contributed by atoms with Crippen LogP contribution in [0.5, 0.6) is 0 Å². The van der Waals surface area contributed by atoms with Crippen LogP contribution in [0.25, 0.3) is 0 Å². The summed E-state index contributed by atoms with van der Waals surface area (Å²) in [7, 11) is 0. The van der Waals surface area contributed by atoms with Gasteiger partial charge in [0.05, 0.1) is 44.7 Å². The molecule has 14 N–H and O–H groups in total. The Morgan fingerprint density at radius 2 is 1.22 bits per heavy atom. The van der Waals surface area contributed by atoms with Crippen molar-refractivity contribution in [2.45, 2.75) is 233 Å². The predicted molar refractivity (Wildman–Crippen MR) is 250 cm³/mol. The Bertz CT molecular complexity index is 1920. The summed E-state index contributed by atoms with van der Waals surface area (Å²) in [5.41, 5.74) is 1.02. The van der Waals surface area contributed by atoms with Crippen molar-refractivity contribution < 1.29 is 114 Å². The van der Waals surface area contributed by atoms with Gasteiger partial charge in [0.25, 0.3) is 0 Å². The van der Waals surface area contributed by atoms with Crippen molar-refractivity contribution in [3.63, 3.8) is 0 Å². The van der Waals surface area contributed by atoms with Gasteiger partial charge in [-0.05, 0) is 98.7 Å². The fourth-order valence-electron chi connectivity index (χ4n) is 15.0.